The lowest BCUT2D eigenvalue weighted by molar-refractivity contribution is 0.113. The summed E-state index contributed by atoms with van der Waals surface area (Å²) in [6, 6.07) is 16.7. The van der Waals surface area contributed by atoms with Crippen LogP contribution in [0.4, 0.5) is 0 Å². The van der Waals surface area contributed by atoms with E-state index in [4.69, 9.17) is 0 Å². The van der Waals surface area contributed by atoms with Gasteiger partial charge in [-0.15, -0.1) is 0 Å². The first-order valence-corrected chi connectivity index (χ1v) is 6.56. The predicted molar refractivity (Wildman–Crippen MR) is 73.5 cm³/mol. The lowest BCUT2D eigenvalue weighted by Crippen LogP contribution is -2.13. The van der Waals surface area contributed by atoms with Crippen LogP contribution < -0.4 is 0 Å². The highest BCUT2D eigenvalue weighted by Gasteiger charge is 2.28. The molecule has 1 nitrogen and oxygen atoms in total. The molecule has 0 aliphatic heterocycles. The Morgan fingerprint density at radius 1 is 0.944 bits per heavy atom. The molecule has 3 rings (SSSR count). The zero-order valence-electron chi connectivity index (χ0n) is 10.6. The second-order valence-electron chi connectivity index (χ2n) is 5.24. The van der Waals surface area contributed by atoms with Crippen molar-refractivity contribution in [2.45, 2.75) is 25.9 Å². The second-order valence-corrected chi connectivity index (χ2v) is 5.24. The fraction of sp³-hybridized carbons (Fsp3) is 0.294. The first-order chi connectivity index (χ1) is 8.75. The van der Waals surface area contributed by atoms with Crippen LogP contribution in [-0.4, -0.2) is 5.11 Å². The van der Waals surface area contributed by atoms with Crippen molar-refractivity contribution >= 4 is 0 Å². The molecule has 0 saturated heterocycles. The SMILES string of the molecule is Cc1ccccc1C(O)C1Cc2ccccc2C1. The van der Waals surface area contributed by atoms with E-state index in [0.717, 1.165) is 18.4 Å². The number of aryl methyl sites for hydroxylation is 1. The Balaban J connectivity index is 1.85. The minimum Gasteiger partial charge on any atom is -0.388 e. The molecule has 0 amide bonds. The van der Waals surface area contributed by atoms with Crippen molar-refractivity contribution in [3.8, 4) is 0 Å². The van der Waals surface area contributed by atoms with Crippen molar-refractivity contribution in [3.05, 3.63) is 70.8 Å². The molecular formula is C17H18O. The van der Waals surface area contributed by atoms with E-state index in [-0.39, 0.29) is 6.10 Å². The van der Waals surface area contributed by atoms with Gasteiger partial charge in [0.05, 0.1) is 6.10 Å². The van der Waals surface area contributed by atoms with E-state index in [0.29, 0.717) is 5.92 Å². The molecule has 0 spiro atoms. The molecule has 18 heavy (non-hydrogen) atoms. The Labute approximate surface area is 108 Å². The molecule has 0 bridgehead atoms. The van der Waals surface area contributed by atoms with Crippen LogP contribution in [0.25, 0.3) is 0 Å². The molecule has 0 saturated carbocycles. The predicted octanol–water partition coefficient (Wildman–Crippen LogP) is 3.44. The fourth-order valence-corrected chi connectivity index (χ4v) is 2.99. The molecular weight excluding hydrogens is 220 g/mol. The van der Waals surface area contributed by atoms with Gasteiger partial charge in [-0.3, -0.25) is 0 Å². The van der Waals surface area contributed by atoms with Crippen molar-refractivity contribution < 1.29 is 5.11 Å². The molecule has 1 aliphatic carbocycles. The zero-order valence-corrected chi connectivity index (χ0v) is 10.6. The Kier molecular flexibility index (Phi) is 2.92. The molecule has 1 heteroatoms. The Morgan fingerprint density at radius 3 is 2.11 bits per heavy atom. The van der Waals surface area contributed by atoms with Gasteiger partial charge in [-0.25, -0.2) is 0 Å². The van der Waals surface area contributed by atoms with E-state index < -0.39 is 0 Å². The highest BCUT2D eigenvalue weighted by Crippen LogP contribution is 2.35. The number of benzene rings is 2. The Bertz CT molecular complexity index is 534. The van der Waals surface area contributed by atoms with E-state index in [9.17, 15) is 5.11 Å². The number of hydrogen-bond donors (Lipinski definition) is 1. The first kappa shape index (κ1) is 11.5. The Morgan fingerprint density at radius 2 is 1.50 bits per heavy atom. The summed E-state index contributed by atoms with van der Waals surface area (Å²) in [6.45, 7) is 2.07. The molecule has 0 aromatic heterocycles. The van der Waals surface area contributed by atoms with E-state index in [1.54, 1.807) is 0 Å². The normalized spacial score (nSPS) is 16.6. The minimum absolute atomic E-state index is 0.323. The van der Waals surface area contributed by atoms with Gasteiger partial charge in [0.15, 0.2) is 0 Å². The number of rotatable bonds is 2. The highest BCUT2D eigenvalue weighted by atomic mass is 16.3. The first-order valence-electron chi connectivity index (χ1n) is 6.56. The van der Waals surface area contributed by atoms with Crippen LogP contribution in [-0.2, 0) is 12.8 Å². The summed E-state index contributed by atoms with van der Waals surface area (Å²) in [6.07, 6.45) is 1.63. The van der Waals surface area contributed by atoms with Crippen LogP contribution >= 0.6 is 0 Å². The van der Waals surface area contributed by atoms with Crippen LogP contribution in [0.5, 0.6) is 0 Å². The van der Waals surface area contributed by atoms with Gasteiger partial charge < -0.3 is 5.11 Å². The van der Waals surface area contributed by atoms with Crippen molar-refractivity contribution in [2.75, 3.05) is 0 Å². The van der Waals surface area contributed by atoms with Crippen LogP contribution in [0.3, 0.4) is 0 Å². The molecule has 1 atom stereocenters. The quantitative estimate of drug-likeness (QED) is 0.849. The van der Waals surface area contributed by atoms with Gasteiger partial charge in [0.25, 0.3) is 0 Å². The number of fused-ring (bicyclic) bond motifs is 1. The summed E-state index contributed by atoms with van der Waals surface area (Å²) in [5.74, 6) is 0.323. The average molecular weight is 238 g/mol. The smallest absolute Gasteiger partial charge is 0.0827 e. The summed E-state index contributed by atoms with van der Waals surface area (Å²) in [4.78, 5) is 0. The third-order valence-corrected chi connectivity index (χ3v) is 4.04. The maximum atomic E-state index is 10.6. The molecule has 0 heterocycles. The lowest BCUT2D eigenvalue weighted by atomic mass is 9.91. The summed E-state index contributed by atoms with van der Waals surface area (Å²) >= 11 is 0. The van der Waals surface area contributed by atoms with Crippen LogP contribution in [0.1, 0.15) is 28.4 Å². The molecule has 1 aliphatic rings. The molecule has 92 valence electrons. The monoisotopic (exact) mass is 238 g/mol. The highest BCUT2D eigenvalue weighted by molar-refractivity contribution is 5.35. The molecule has 2 aromatic carbocycles. The second kappa shape index (κ2) is 4.58. The van der Waals surface area contributed by atoms with Crippen molar-refractivity contribution in [1.29, 1.82) is 0 Å². The fourth-order valence-electron chi connectivity index (χ4n) is 2.99. The maximum Gasteiger partial charge on any atom is 0.0827 e. The molecule has 0 fully saturated rings. The van der Waals surface area contributed by atoms with Gasteiger partial charge in [0.1, 0.15) is 0 Å². The molecule has 1 unspecified atom stereocenters. The molecule has 2 aromatic rings. The molecule has 1 N–H and O–H groups in total. The van der Waals surface area contributed by atoms with Gasteiger partial charge in [0.2, 0.25) is 0 Å². The number of aliphatic hydroxyl groups is 1. The van der Waals surface area contributed by atoms with Crippen molar-refractivity contribution in [3.63, 3.8) is 0 Å². The number of hydrogen-bond acceptors (Lipinski definition) is 1. The van der Waals surface area contributed by atoms with Gasteiger partial charge in [-0.1, -0.05) is 48.5 Å². The minimum atomic E-state index is -0.349. The maximum absolute atomic E-state index is 10.6. The van der Waals surface area contributed by atoms with Gasteiger partial charge in [0, 0.05) is 0 Å². The molecule has 0 radical (unpaired) electrons. The van der Waals surface area contributed by atoms with E-state index >= 15 is 0 Å². The third kappa shape index (κ3) is 1.95. The van der Waals surface area contributed by atoms with Gasteiger partial charge >= 0.3 is 0 Å². The average Bonchev–Trinajstić information content (AvgIpc) is 2.82. The Hall–Kier alpha value is -1.60. The van der Waals surface area contributed by atoms with Crippen LogP contribution in [0.2, 0.25) is 0 Å². The van der Waals surface area contributed by atoms with Crippen LogP contribution in [0.15, 0.2) is 48.5 Å². The summed E-state index contributed by atoms with van der Waals surface area (Å²) in [7, 11) is 0. The van der Waals surface area contributed by atoms with Crippen LogP contribution in [0, 0.1) is 12.8 Å². The van der Waals surface area contributed by atoms with E-state index in [1.165, 1.54) is 16.7 Å². The van der Waals surface area contributed by atoms with E-state index in [2.05, 4.69) is 37.3 Å². The van der Waals surface area contributed by atoms with E-state index in [1.807, 2.05) is 18.2 Å². The lowest BCUT2D eigenvalue weighted by Gasteiger charge is -2.19. The standard InChI is InChI=1S/C17H18O/c1-12-6-2-5-9-16(12)17(18)15-10-13-7-3-4-8-14(13)11-15/h2-9,15,17-18H,10-11H2,1H3. The largest absolute Gasteiger partial charge is 0.388 e. The summed E-state index contributed by atoms with van der Waals surface area (Å²) in [5.41, 5.74) is 5.06. The van der Waals surface area contributed by atoms with Gasteiger partial charge in [-0.2, -0.15) is 0 Å². The summed E-state index contributed by atoms with van der Waals surface area (Å²) in [5, 5.41) is 10.6. The topological polar surface area (TPSA) is 20.2 Å². The third-order valence-electron chi connectivity index (χ3n) is 4.04. The van der Waals surface area contributed by atoms with Crippen molar-refractivity contribution in [2.24, 2.45) is 5.92 Å². The van der Waals surface area contributed by atoms with Gasteiger partial charge in [-0.05, 0) is 47.9 Å². The zero-order chi connectivity index (χ0) is 12.5. The van der Waals surface area contributed by atoms with Crippen molar-refractivity contribution in [1.82, 2.24) is 0 Å². The summed E-state index contributed by atoms with van der Waals surface area (Å²) < 4.78 is 0. The number of aliphatic hydroxyl groups excluding tert-OH is 1.